The van der Waals surface area contributed by atoms with Gasteiger partial charge >= 0.3 is 0 Å². The predicted octanol–water partition coefficient (Wildman–Crippen LogP) is 0.723. The number of oxazole rings is 1. The van der Waals surface area contributed by atoms with E-state index in [0.717, 1.165) is 11.2 Å². The second kappa shape index (κ2) is 4.21. The molecule has 5 nitrogen and oxygen atoms in total. The van der Waals surface area contributed by atoms with Crippen LogP contribution in [-0.2, 0) is 0 Å². The van der Waals surface area contributed by atoms with Crippen LogP contribution in [0.15, 0.2) is 28.9 Å². The molecule has 0 spiro atoms. The van der Waals surface area contributed by atoms with E-state index in [1.807, 2.05) is 14.8 Å². The van der Waals surface area contributed by atoms with Crippen molar-refractivity contribution in [3.63, 3.8) is 0 Å². The number of hydrogen-bond acceptors (Lipinski definition) is 5. The van der Waals surface area contributed by atoms with Crippen LogP contribution in [0.3, 0.4) is 0 Å². The fraction of sp³-hybridized carbons (Fsp3) is 0.0769. The summed E-state index contributed by atoms with van der Waals surface area (Å²) in [6.45, 7) is 1.89. The molecule has 0 saturated heterocycles. The Bertz CT molecular complexity index is 802. The fourth-order valence-corrected chi connectivity index (χ4v) is 1.88. The van der Waals surface area contributed by atoms with Gasteiger partial charge in [0.2, 0.25) is 5.89 Å². The van der Waals surface area contributed by atoms with Crippen LogP contribution in [0.1, 0.15) is 11.1 Å². The molecule has 0 amide bonds. The molecular formula is C13H9BN4O. The predicted molar refractivity (Wildman–Crippen MR) is 72.7 cm³/mol. The van der Waals surface area contributed by atoms with Gasteiger partial charge in [-0.15, -0.1) is 0 Å². The Kier molecular flexibility index (Phi) is 2.53. The van der Waals surface area contributed by atoms with Gasteiger partial charge in [-0.25, -0.2) is 9.97 Å². The monoisotopic (exact) mass is 248 g/mol. The molecule has 0 aliphatic rings. The molecule has 0 fully saturated rings. The molecule has 0 N–H and O–H groups in total. The second-order valence-electron chi connectivity index (χ2n) is 4.32. The van der Waals surface area contributed by atoms with Crippen molar-refractivity contribution in [1.29, 1.82) is 5.26 Å². The summed E-state index contributed by atoms with van der Waals surface area (Å²) >= 11 is 0. The first kappa shape index (κ1) is 11.4. The van der Waals surface area contributed by atoms with Crippen molar-refractivity contribution in [2.24, 2.45) is 0 Å². The van der Waals surface area contributed by atoms with Crippen LogP contribution in [0, 0.1) is 18.3 Å². The lowest BCUT2D eigenvalue weighted by atomic mass is 10.1. The van der Waals surface area contributed by atoms with E-state index in [-0.39, 0.29) is 0 Å². The van der Waals surface area contributed by atoms with E-state index in [1.54, 1.807) is 24.5 Å². The molecule has 0 aliphatic carbocycles. The van der Waals surface area contributed by atoms with Gasteiger partial charge in [-0.1, -0.05) is 0 Å². The minimum atomic E-state index is 0.417. The summed E-state index contributed by atoms with van der Waals surface area (Å²) in [7, 11) is 1.87. The van der Waals surface area contributed by atoms with Crippen molar-refractivity contribution in [3.05, 3.63) is 35.7 Å². The molecule has 19 heavy (non-hydrogen) atoms. The number of aryl methyl sites for hydroxylation is 1. The van der Waals surface area contributed by atoms with Gasteiger partial charge in [-0.2, -0.15) is 5.26 Å². The maximum absolute atomic E-state index is 8.95. The third kappa shape index (κ3) is 1.95. The molecule has 2 aromatic heterocycles. The molecule has 0 atom stereocenters. The van der Waals surface area contributed by atoms with Crippen LogP contribution < -0.4 is 5.59 Å². The van der Waals surface area contributed by atoms with E-state index < -0.39 is 0 Å². The normalized spacial score (nSPS) is 10.5. The number of benzene rings is 1. The van der Waals surface area contributed by atoms with Gasteiger partial charge in [0.15, 0.2) is 13.4 Å². The lowest BCUT2D eigenvalue weighted by molar-refractivity contribution is 0.614. The van der Waals surface area contributed by atoms with E-state index in [1.165, 1.54) is 0 Å². The van der Waals surface area contributed by atoms with Gasteiger partial charge in [0.1, 0.15) is 11.2 Å². The third-order valence-electron chi connectivity index (χ3n) is 2.80. The SMILES string of the molecule is Bc1cnc(-c2nc3cc(C#N)cc(C)c3o2)cn1. The highest BCUT2D eigenvalue weighted by Crippen LogP contribution is 2.25. The largest absolute Gasteiger partial charge is 0.434 e. The Morgan fingerprint density at radius 2 is 2.11 bits per heavy atom. The molecule has 0 radical (unpaired) electrons. The fourth-order valence-electron chi connectivity index (χ4n) is 1.88. The van der Waals surface area contributed by atoms with E-state index in [4.69, 9.17) is 9.68 Å². The van der Waals surface area contributed by atoms with Crippen LogP contribution in [0.4, 0.5) is 0 Å². The maximum Gasteiger partial charge on any atom is 0.247 e. The van der Waals surface area contributed by atoms with E-state index >= 15 is 0 Å². The molecule has 1 aromatic carbocycles. The van der Waals surface area contributed by atoms with Crippen molar-refractivity contribution >= 4 is 24.5 Å². The maximum atomic E-state index is 8.95. The van der Waals surface area contributed by atoms with Crippen molar-refractivity contribution < 1.29 is 4.42 Å². The Morgan fingerprint density at radius 1 is 1.26 bits per heavy atom. The van der Waals surface area contributed by atoms with Crippen LogP contribution in [-0.4, -0.2) is 22.8 Å². The average Bonchev–Trinajstić information content (AvgIpc) is 2.84. The van der Waals surface area contributed by atoms with Crippen molar-refractivity contribution in [2.45, 2.75) is 6.92 Å². The summed E-state index contributed by atoms with van der Waals surface area (Å²) in [5.41, 5.74) is 4.21. The Hall–Kier alpha value is -2.68. The topological polar surface area (TPSA) is 75.6 Å². The first-order valence-electron chi connectivity index (χ1n) is 5.77. The Balaban J connectivity index is 2.19. The molecule has 3 aromatic rings. The second-order valence-corrected chi connectivity index (χ2v) is 4.32. The zero-order valence-electron chi connectivity index (χ0n) is 10.5. The van der Waals surface area contributed by atoms with Crippen molar-refractivity contribution in [2.75, 3.05) is 0 Å². The van der Waals surface area contributed by atoms with Gasteiger partial charge in [-0.05, 0) is 24.6 Å². The smallest absolute Gasteiger partial charge is 0.247 e. The number of hydrogen-bond donors (Lipinski definition) is 0. The molecule has 0 saturated carbocycles. The van der Waals surface area contributed by atoms with Crippen molar-refractivity contribution in [3.8, 4) is 17.7 Å². The highest BCUT2D eigenvalue weighted by Gasteiger charge is 2.12. The summed E-state index contributed by atoms with van der Waals surface area (Å²) in [5.74, 6) is 0.417. The van der Waals surface area contributed by atoms with Gasteiger partial charge < -0.3 is 4.42 Å². The van der Waals surface area contributed by atoms with Crippen molar-refractivity contribution in [1.82, 2.24) is 15.0 Å². The number of nitrogens with zero attached hydrogens (tertiary/aromatic N) is 4. The summed E-state index contributed by atoms with van der Waals surface area (Å²) in [6.07, 6.45) is 3.29. The highest BCUT2D eigenvalue weighted by atomic mass is 16.3. The molecule has 2 heterocycles. The standard InChI is InChI=1S/C13H9BN4O/c1-7-2-8(4-15)3-9-12(7)19-13(18-9)10-5-17-11(14)6-16-10/h2-3,5-6H,14H2,1H3. The zero-order chi connectivity index (χ0) is 13.4. The molecular weight excluding hydrogens is 239 g/mol. The number of nitriles is 1. The van der Waals surface area contributed by atoms with Crippen LogP contribution in [0.25, 0.3) is 22.7 Å². The van der Waals surface area contributed by atoms with Crippen LogP contribution in [0.5, 0.6) is 0 Å². The Labute approximate surface area is 110 Å². The molecule has 0 aliphatic heterocycles. The van der Waals surface area contributed by atoms with E-state index in [2.05, 4.69) is 21.0 Å². The lowest BCUT2D eigenvalue weighted by Crippen LogP contribution is -2.08. The molecule has 6 heteroatoms. The summed E-state index contributed by atoms with van der Waals surface area (Å²) in [6, 6.07) is 5.59. The minimum Gasteiger partial charge on any atom is -0.434 e. The van der Waals surface area contributed by atoms with E-state index in [9.17, 15) is 0 Å². The van der Waals surface area contributed by atoms with E-state index in [0.29, 0.717) is 28.2 Å². The minimum absolute atomic E-state index is 0.417. The first-order valence-corrected chi connectivity index (χ1v) is 5.77. The molecule has 3 rings (SSSR count). The van der Waals surface area contributed by atoms with Gasteiger partial charge in [0, 0.05) is 11.8 Å². The zero-order valence-corrected chi connectivity index (χ0v) is 10.5. The first-order chi connectivity index (χ1) is 9.17. The molecule has 90 valence electrons. The Morgan fingerprint density at radius 3 is 2.79 bits per heavy atom. The quantitative estimate of drug-likeness (QED) is 0.593. The van der Waals surface area contributed by atoms with Gasteiger partial charge in [0.05, 0.1) is 17.8 Å². The highest BCUT2D eigenvalue weighted by molar-refractivity contribution is 6.30. The van der Waals surface area contributed by atoms with Crippen LogP contribution >= 0.6 is 0 Å². The third-order valence-corrected chi connectivity index (χ3v) is 2.80. The number of fused-ring (bicyclic) bond motifs is 1. The summed E-state index contributed by atoms with van der Waals surface area (Å²) in [5, 5.41) is 8.95. The molecule has 0 unspecified atom stereocenters. The lowest BCUT2D eigenvalue weighted by Gasteiger charge is -1.94. The number of rotatable bonds is 1. The summed E-state index contributed by atoms with van der Waals surface area (Å²) < 4.78 is 5.70. The molecule has 0 bridgehead atoms. The summed E-state index contributed by atoms with van der Waals surface area (Å²) in [4.78, 5) is 12.8. The van der Waals surface area contributed by atoms with Crippen LogP contribution in [0.2, 0.25) is 0 Å². The van der Waals surface area contributed by atoms with Gasteiger partial charge in [-0.3, -0.25) is 4.98 Å². The van der Waals surface area contributed by atoms with Gasteiger partial charge in [0.25, 0.3) is 0 Å². The number of aromatic nitrogens is 3. The average molecular weight is 248 g/mol.